The second kappa shape index (κ2) is 10.3. The molecule has 4 rings (SSSR count). The largest absolute Gasteiger partial charge is 0.490 e. The summed E-state index contributed by atoms with van der Waals surface area (Å²) in [6, 6.07) is 14.8. The van der Waals surface area contributed by atoms with E-state index in [0.717, 1.165) is 11.3 Å². The van der Waals surface area contributed by atoms with Gasteiger partial charge in [0.2, 0.25) is 0 Å². The van der Waals surface area contributed by atoms with E-state index in [4.69, 9.17) is 37.5 Å². The molecular weight excluding hydrogens is 477 g/mol. The lowest BCUT2D eigenvalue weighted by atomic mass is 9.97. The van der Waals surface area contributed by atoms with Gasteiger partial charge in [0.1, 0.15) is 6.61 Å². The van der Waals surface area contributed by atoms with Crippen LogP contribution >= 0.6 is 23.2 Å². The molecule has 1 aromatic heterocycles. The molecule has 0 fully saturated rings. The van der Waals surface area contributed by atoms with Crippen molar-refractivity contribution in [3.8, 4) is 11.5 Å². The Morgan fingerprint density at radius 2 is 1.82 bits per heavy atom. The predicted molar refractivity (Wildman–Crippen MR) is 132 cm³/mol. The van der Waals surface area contributed by atoms with E-state index in [1.54, 1.807) is 18.2 Å². The van der Waals surface area contributed by atoms with Gasteiger partial charge in [0.25, 0.3) is 5.91 Å². The van der Waals surface area contributed by atoms with E-state index in [2.05, 4.69) is 15.5 Å². The first-order valence-corrected chi connectivity index (χ1v) is 11.4. The molecule has 34 heavy (non-hydrogen) atoms. The third-order valence-corrected chi connectivity index (χ3v) is 5.73. The summed E-state index contributed by atoms with van der Waals surface area (Å²) in [5, 5.41) is 7.45. The Morgan fingerprint density at radius 1 is 1.09 bits per heavy atom. The van der Waals surface area contributed by atoms with Crippen molar-refractivity contribution >= 4 is 40.5 Å². The molecule has 0 saturated carbocycles. The van der Waals surface area contributed by atoms with E-state index in [-0.39, 0.29) is 22.3 Å². The fraction of sp³-hybridized carbons (Fsp3) is 0.240. The number of benzene rings is 2. The Hall–Kier alpha value is -3.29. The fourth-order valence-corrected chi connectivity index (χ4v) is 3.89. The molecule has 0 aliphatic carbocycles. The van der Waals surface area contributed by atoms with Gasteiger partial charge in [-0.2, -0.15) is 0 Å². The van der Waals surface area contributed by atoms with Crippen LogP contribution in [0, 0.1) is 0 Å². The molecule has 2 aromatic carbocycles. The SMILES string of the molecule is CCOc1ccc(C(=O)Nc2c(Cl)cncc2Cl)cc1OCC1(C)CC(c2ccccc2)=NO1. The molecule has 2 heterocycles. The van der Waals surface area contributed by atoms with Crippen LogP contribution in [0.4, 0.5) is 5.69 Å². The second-order valence-electron chi connectivity index (χ2n) is 7.94. The lowest BCUT2D eigenvalue weighted by molar-refractivity contribution is -0.0361. The molecule has 176 valence electrons. The fourth-order valence-electron chi connectivity index (χ4n) is 3.43. The normalized spacial score (nSPS) is 17.0. The Balaban J connectivity index is 1.49. The predicted octanol–water partition coefficient (Wildman–Crippen LogP) is 6.00. The van der Waals surface area contributed by atoms with Crippen molar-refractivity contribution in [2.24, 2.45) is 5.16 Å². The van der Waals surface area contributed by atoms with Crippen LogP contribution in [0.3, 0.4) is 0 Å². The molecule has 7 nitrogen and oxygen atoms in total. The van der Waals surface area contributed by atoms with Crippen LogP contribution in [0.1, 0.15) is 36.2 Å². The van der Waals surface area contributed by atoms with Crippen LogP contribution in [-0.4, -0.2) is 35.4 Å². The molecule has 1 atom stereocenters. The highest BCUT2D eigenvalue weighted by atomic mass is 35.5. The number of nitrogens with one attached hydrogen (secondary N) is 1. The minimum atomic E-state index is -0.662. The Bertz CT molecular complexity index is 1200. The average Bonchev–Trinajstić information content (AvgIpc) is 3.24. The van der Waals surface area contributed by atoms with Gasteiger partial charge in [-0.1, -0.05) is 58.7 Å². The van der Waals surface area contributed by atoms with Crippen molar-refractivity contribution in [3.05, 3.63) is 82.1 Å². The van der Waals surface area contributed by atoms with E-state index in [0.29, 0.717) is 30.1 Å². The maximum atomic E-state index is 12.9. The standard InChI is InChI=1S/C25H23Cl2N3O4/c1-3-32-21-10-9-17(24(31)29-23-18(26)13-28-14-19(23)27)11-22(21)33-15-25(2)12-20(30-34-25)16-7-5-4-6-8-16/h4-11,13-14H,3,12,15H2,1-2H3,(H,28,29,31). The number of carbonyl (C=O) groups excluding carboxylic acids is 1. The summed E-state index contributed by atoms with van der Waals surface area (Å²) in [6.45, 7) is 4.45. The quantitative estimate of drug-likeness (QED) is 0.410. The number of rotatable bonds is 8. The Labute approximate surface area is 207 Å². The Morgan fingerprint density at radius 3 is 2.53 bits per heavy atom. The van der Waals surface area contributed by atoms with Gasteiger partial charge in [-0.25, -0.2) is 0 Å². The van der Waals surface area contributed by atoms with Crippen molar-refractivity contribution in [1.82, 2.24) is 4.98 Å². The topological polar surface area (TPSA) is 82.0 Å². The Kier molecular flexibility index (Phi) is 7.24. The van der Waals surface area contributed by atoms with Crippen molar-refractivity contribution in [2.75, 3.05) is 18.5 Å². The maximum absolute atomic E-state index is 12.9. The zero-order valence-electron chi connectivity index (χ0n) is 18.7. The zero-order chi connectivity index (χ0) is 24.1. The van der Waals surface area contributed by atoms with Gasteiger partial charge < -0.3 is 19.6 Å². The number of carbonyl (C=O) groups is 1. The minimum Gasteiger partial charge on any atom is -0.490 e. The number of hydrogen-bond donors (Lipinski definition) is 1. The monoisotopic (exact) mass is 499 g/mol. The van der Waals surface area contributed by atoms with E-state index >= 15 is 0 Å². The van der Waals surface area contributed by atoms with Crippen molar-refractivity contribution in [1.29, 1.82) is 0 Å². The highest BCUT2D eigenvalue weighted by Crippen LogP contribution is 2.34. The summed E-state index contributed by atoms with van der Waals surface area (Å²) in [4.78, 5) is 22.5. The van der Waals surface area contributed by atoms with Crippen molar-refractivity contribution in [3.63, 3.8) is 0 Å². The van der Waals surface area contributed by atoms with E-state index in [1.165, 1.54) is 12.4 Å². The first kappa shape index (κ1) is 23.9. The van der Waals surface area contributed by atoms with Gasteiger partial charge in [-0.15, -0.1) is 0 Å². The molecule has 9 heteroatoms. The first-order chi connectivity index (χ1) is 16.4. The van der Waals surface area contributed by atoms with E-state index < -0.39 is 11.5 Å². The number of nitrogens with zero attached hydrogens (tertiary/aromatic N) is 2. The summed E-state index contributed by atoms with van der Waals surface area (Å²) >= 11 is 12.2. The number of halogens is 2. The number of ether oxygens (including phenoxy) is 2. The number of aromatic nitrogens is 1. The van der Waals surface area contributed by atoms with Crippen molar-refractivity contribution in [2.45, 2.75) is 25.9 Å². The van der Waals surface area contributed by atoms with Crippen LogP contribution in [0.2, 0.25) is 10.0 Å². The molecule has 1 aliphatic rings. The van der Waals surface area contributed by atoms with E-state index in [1.807, 2.05) is 44.2 Å². The molecule has 1 unspecified atom stereocenters. The summed E-state index contributed by atoms with van der Waals surface area (Å²) in [5.74, 6) is 0.533. The third kappa shape index (κ3) is 5.43. The molecule has 0 spiro atoms. The highest BCUT2D eigenvalue weighted by molar-refractivity contribution is 6.39. The van der Waals surface area contributed by atoms with Crippen LogP contribution < -0.4 is 14.8 Å². The number of anilines is 1. The number of hydrogen-bond acceptors (Lipinski definition) is 6. The van der Waals surface area contributed by atoms with Gasteiger partial charge in [-0.3, -0.25) is 9.78 Å². The molecule has 0 bridgehead atoms. The summed E-state index contributed by atoms with van der Waals surface area (Å²) in [5.41, 5.74) is 1.84. The van der Waals surface area contributed by atoms with Crippen molar-refractivity contribution < 1.29 is 19.1 Å². The maximum Gasteiger partial charge on any atom is 0.255 e. The van der Waals surface area contributed by atoms with Crippen LogP contribution in [0.5, 0.6) is 11.5 Å². The second-order valence-corrected chi connectivity index (χ2v) is 8.75. The molecule has 0 saturated heterocycles. The molecule has 1 N–H and O–H groups in total. The van der Waals surface area contributed by atoms with Crippen LogP contribution in [0.25, 0.3) is 0 Å². The minimum absolute atomic E-state index is 0.208. The van der Waals surface area contributed by atoms with Gasteiger partial charge >= 0.3 is 0 Å². The zero-order valence-corrected chi connectivity index (χ0v) is 20.2. The van der Waals surface area contributed by atoms with Gasteiger partial charge in [0.05, 0.1) is 28.1 Å². The number of amides is 1. The summed E-state index contributed by atoms with van der Waals surface area (Å²) in [7, 11) is 0. The first-order valence-electron chi connectivity index (χ1n) is 10.7. The van der Waals surface area contributed by atoms with Crippen LogP contribution in [-0.2, 0) is 4.84 Å². The number of oxime groups is 1. The molecule has 0 radical (unpaired) electrons. The van der Waals surface area contributed by atoms with Gasteiger partial charge in [0, 0.05) is 24.4 Å². The van der Waals surface area contributed by atoms with E-state index in [9.17, 15) is 4.79 Å². The highest BCUT2D eigenvalue weighted by Gasteiger charge is 2.36. The van der Waals surface area contributed by atoms with Gasteiger partial charge in [0.15, 0.2) is 17.1 Å². The lowest BCUT2D eigenvalue weighted by Gasteiger charge is -2.23. The smallest absolute Gasteiger partial charge is 0.255 e. The molecular formula is C25H23Cl2N3O4. The van der Waals surface area contributed by atoms with Crippen LogP contribution in [0.15, 0.2) is 66.1 Å². The molecule has 1 amide bonds. The summed E-state index contributed by atoms with van der Waals surface area (Å²) < 4.78 is 11.8. The summed E-state index contributed by atoms with van der Waals surface area (Å²) in [6.07, 6.45) is 3.40. The third-order valence-electron chi connectivity index (χ3n) is 5.16. The molecule has 3 aromatic rings. The van der Waals surface area contributed by atoms with Gasteiger partial charge in [-0.05, 0) is 37.6 Å². The molecule has 1 aliphatic heterocycles. The number of pyridine rings is 1. The average molecular weight is 500 g/mol. The lowest BCUT2D eigenvalue weighted by Crippen LogP contribution is -2.33.